The van der Waals surface area contributed by atoms with Gasteiger partial charge in [-0.15, -0.1) is 11.3 Å². The van der Waals surface area contributed by atoms with Crippen molar-refractivity contribution in [3.05, 3.63) is 21.3 Å². The predicted molar refractivity (Wildman–Crippen MR) is 71.8 cm³/mol. The van der Waals surface area contributed by atoms with Crippen LogP contribution in [0.25, 0.3) is 0 Å². The molecule has 2 heterocycles. The topological polar surface area (TPSA) is 29.5 Å². The Balaban J connectivity index is 2.03. The fourth-order valence-electron chi connectivity index (χ4n) is 2.30. The molecule has 0 aliphatic carbocycles. The zero-order chi connectivity index (χ0) is 12.5. The summed E-state index contributed by atoms with van der Waals surface area (Å²) in [5, 5.41) is 10.6. The van der Waals surface area contributed by atoms with Crippen LogP contribution in [-0.4, -0.2) is 23.4 Å². The predicted octanol–water partition coefficient (Wildman–Crippen LogP) is 3.51. The molecular weight excluding hydrogens is 256 g/mol. The van der Waals surface area contributed by atoms with Gasteiger partial charge in [0.1, 0.15) is 0 Å². The van der Waals surface area contributed by atoms with E-state index >= 15 is 0 Å². The Hall–Kier alpha value is -0.0900. The molecule has 1 aromatic heterocycles. The summed E-state index contributed by atoms with van der Waals surface area (Å²) in [6.07, 6.45) is 2.30. The molecule has 1 N–H and O–H groups in total. The number of ether oxygens (including phenoxy) is 1. The molecule has 0 saturated carbocycles. The van der Waals surface area contributed by atoms with Gasteiger partial charge in [0.25, 0.3) is 0 Å². The minimum absolute atomic E-state index is 0.171. The molecule has 0 amide bonds. The number of aliphatic hydroxyl groups is 1. The average molecular weight is 275 g/mol. The highest BCUT2D eigenvalue weighted by Gasteiger charge is 2.36. The summed E-state index contributed by atoms with van der Waals surface area (Å²) in [6.45, 7) is 4.93. The highest BCUT2D eigenvalue weighted by atomic mass is 35.5. The van der Waals surface area contributed by atoms with Crippen LogP contribution in [0.2, 0.25) is 4.34 Å². The molecule has 96 valence electrons. The highest BCUT2D eigenvalue weighted by Crippen LogP contribution is 2.33. The first kappa shape index (κ1) is 13.3. The summed E-state index contributed by atoms with van der Waals surface area (Å²) in [5.74, 6) is 0.453. The maximum atomic E-state index is 10.6. The zero-order valence-corrected chi connectivity index (χ0v) is 11.9. The lowest BCUT2D eigenvalue weighted by Gasteiger charge is -2.38. The van der Waals surface area contributed by atoms with Crippen LogP contribution in [0, 0.1) is 5.92 Å². The Kier molecular flexibility index (Phi) is 4.14. The fourth-order valence-corrected chi connectivity index (χ4v) is 3.52. The Morgan fingerprint density at radius 3 is 2.94 bits per heavy atom. The molecular formula is C13H19ClO2S. The van der Waals surface area contributed by atoms with E-state index < -0.39 is 5.60 Å². The van der Waals surface area contributed by atoms with Crippen LogP contribution < -0.4 is 0 Å². The molecule has 1 aliphatic rings. The Morgan fingerprint density at radius 1 is 1.59 bits per heavy atom. The molecule has 17 heavy (non-hydrogen) atoms. The molecule has 2 atom stereocenters. The lowest BCUT2D eigenvalue weighted by Crippen LogP contribution is -2.44. The number of thiophene rings is 1. The van der Waals surface area contributed by atoms with Gasteiger partial charge in [0.2, 0.25) is 0 Å². The molecule has 0 bridgehead atoms. The molecule has 2 nitrogen and oxygen atoms in total. The van der Waals surface area contributed by atoms with Gasteiger partial charge in [-0.2, -0.15) is 0 Å². The summed E-state index contributed by atoms with van der Waals surface area (Å²) in [4.78, 5) is 1.15. The highest BCUT2D eigenvalue weighted by molar-refractivity contribution is 7.16. The van der Waals surface area contributed by atoms with Crippen molar-refractivity contribution >= 4 is 22.9 Å². The second-order valence-corrected chi connectivity index (χ2v) is 7.01. The Morgan fingerprint density at radius 2 is 2.35 bits per heavy atom. The van der Waals surface area contributed by atoms with E-state index in [1.807, 2.05) is 12.1 Å². The van der Waals surface area contributed by atoms with E-state index in [0.29, 0.717) is 25.4 Å². The summed E-state index contributed by atoms with van der Waals surface area (Å²) in [7, 11) is 0. The molecule has 0 spiro atoms. The van der Waals surface area contributed by atoms with Crippen molar-refractivity contribution in [3.63, 3.8) is 0 Å². The summed E-state index contributed by atoms with van der Waals surface area (Å²) in [5.41, 5.74) is -0.624. The Bertz CT molecular complexity index is 377. The minimum atomic E-state index is -0.624. The lowest BCUT2D eigenvalue weighted by molar-refractivity contribution is -0.116. The average Bonchev–Trinajstić information content (AvgIpc) is 2.63. The van der Waals surface area contributed by atoms with Gasteiger partial charge in [-0.05, 0) is 24.5 Å². The van der Waals surface area contributed by atoms with Crippen LogP contribution in [0.15, 0.2) is 12.1 Å². The summed E-state index contributed by atoms with van der Waals surface area (Å²) >= 11 is 7.47. The van der Waals surface area contributed by atoms with Gasteiger partial charge in [-0.1, -0.05) is 25.4 Å². The van der Waals surface area contributed by atoms with Gasteiger partial charge in [-0.25, -0.2) is 0 Å². The van der Waals surface area contributed by atoms with Crippen molar-refractivity contribution in [2.45, 2.75) is 44.8 Å². The van der Waals surface area contributed by atoms with Crippen LogP contribution in [0.3, 0.4) is 0 Å². The van der Waals surface area contributed by atoms with Crippen molar-refractivity contribution in [2.75, 3.05) is 6.61 Å². The smallest absolute Gasteiger partial charge is 0.0931 e. The van der Waals surface area contributed by atoms with Crippen LogP contribution >= 0.6 is 22.9 Å². The molecule has 0 radical (unpaired) electrons. The lowest BCUT2D eigenvalue weighted by atomic mass is 9.83. The first-order chi connectivity index (χ1) is 7.98. The largest absolute Gasteiger partial charge is 0.389 e. The monoisotopic (exact) mass is 274 g/mol. The van der Waals surface area contributed by atoms with Gasteiger partial charge >= 0.3 is 0 Å². The third kappa shape index (κ3) is 3.44. The van der Waals surface area contributed by atoms with Gasteiger partial charge in [-0.3, -0.25) is 0 Å². The number of hydrogen-bond donors (Lipinski definition) is 1. The van der Waals surface area contributed by atoms with Crippen LogP contribution in [0.5, 0.6) is 0 Å². The van der Waals surface area contributed by atoms with Crippen molar-refractivity contribution in [2.24, 2.45) is 5.92 Å². The second-order valence-electron chi connectivity index (χ2n) is 5.21. The molecule has 1 aromatic rings. The summed E-state index contributed by atoms with van der Waals surface area (Å²) in [6, 6.07) is 3.90. The summed E-state index contributed by atoms with van der Waals surface area (Å²) < 4.78 is 6.48. The van der Waals surface area contributed by atoms with E-state index in [4.69, 9.17) is 16.3 Å². The molecule has 4 heteroatoms. The maximum Gasteiger partial charge on any atom is 0.0931 e. The van der Waals surface area contributed by atoms with Crippen molar-refractivity contribution in [1.82, 2.24) is 0 Å². The standard InChI is InChI=1S/C13H19ClO2S/c1-9(2)11-8-13(15,5-6-16-11)7-10-3-4-12(14)17-10/h3-4,9,11,15H,5-8H2,1-2H3. The minimum Gasteiger partial charge on any atom is -0.389 e. The SMILES string of the molecule is CC(C)C1CC(O)(Cc2ccc(Cl)s2)CCO1. The molecule has 2 rings (SSSR count). The van der Waals surface area contributed by atoms with Gasteiger partial charge in [0.05, 0.1) is 16.0 Å². The van der Waals surface area contributed by atoms with E-state index in [1.54, 1.807) is 11.3 Å². The van der Waals surface area contributed by atoms with Gasteiger partial charge < -0.3 is 9.84 Å². The van der Waals surface area contributed by atoms with Crippen LogP contribution in [-0.2, 0) is 11.2 Å². The number of hydrogen-bond acceptors (Lipinski definition) is 3. The van der Waals surface area contributed by atoms with E-state index in [1.165, 1.54) is 0 Å². The van der Waals surface area contributed by atoms with E-state index in [9.17, 15) is 5.11 Å². The zero-order valence-electron chi connectivity index (χ0n) is 10.3. The van der Waals surface area contributed by atoms with E-state index in [0.717, 1.165) is 15.6 Å². The fraction of sp³-hybridized carbons (Fsp3) is 0.692. The molecule has 2 unspecified atom stereocenters. The second kappa shape index (κ2) is 5.27. The van der Waals surface area contributed by atoms with Crippen LogP contribution in [0.1, 0.15) is 31.6 Å². The van der Waals surface area contributed by atoms with Crippen molar-refractivity contribution in [1.29, 1.82) is 0 Å². The maximum absolute atomic E-state index is 10.6. The van der Waals surface area contributed by atoms with Gasteiger partial charge in [0.15, 0.2) is 0 Å². The molecule has 1 aliphatic heterocycles. The molecule has 1 saturated heterocycles. The first-order valence-corrected chi connectivity index (χ1v) is 7.26. The van der Waals surface area contributed by atoms with Crippen LogP contribution in [0.4, 0.5) is 0 Å². The van der Waals surface area contributed by atoms with E-state index in [-0.39, 0.29) is 6.10 Å². The molecule has 0 aromatic carbocycles. The van der Waals surface area contributed by atoms with Gasteiger partial charge in [0, 0.05) is 24.3 Å². The first-order valence-electron chi connectivity index (χ1n) is 6.07. The Labute approximate surface area is 112 Å². The van der Waals surface area contributed by atoms with Crippen molar-refractivity contribution < 1.29 is 9.84 Å². The number of halogens is 1. The van der Waals surface area contributed by atoms with E-state index in [2.05, 4.69) is 13.8 Å². The third-order valence-corrected chi connectivity index (χ3v) is 4.59. The third-order valence-electron chi connectivity index (χ3n) is 3.36. The molecule has 1 fully saturated rings. The number of rotatable bonds is 3. The quantitative estimate of drug-likeness (QED) is 0.914. The normalized spacial score (nSPS) is 29.8. The van der Waals surface area contributed by atoms with Crippen molar-refractivity contribution in [3.8, 4) is 0 Å².